The average Bonchev–Trinajstić information content (AvgIpc) is 3.62. The minimum Gasteiger partial charge on any atom is -0.0683 e. The molecule has 304 valence electrons. The molecule has 0 bridgehead atoms. The molecule has 0 aliphatic heterocycles. The Balaban J connectivity index is 0.000000234. The van der Waals surface area contributed by atoms with Crippen LogP contribution in [0.1, 0.15) is 99.9 Å². The fourth-order valence-electron chi connectivity index (χ4n) is 7.38. The molecule has 0 heteroatoms. The summed E-state index contributed by atoms with van der Waals surface area (Å²) in [6.45, 7) is 24.5. The second-order valence-electron chi connectivity index (χ2n) is 13.7. The zero-order valence-electron chi connectivity index (χ0n) is 38.0. The second-order valence-corrected chi connectivity index (χ2v) is 13.7. The van der Waals surface area contributed by atoms with Gasteiger partial charge in [0.15, 0.2) is 0 Å². The van der Waals surface area contributed by atoms with Crippen LogP contribution >= 0.6 is 0 Å². The van der Waals surface area contributed by atoms with Gasteiger partial charge in [0.2, 0.25) is 0 Å². The monoisotopic (exact) mass is 777 g/mol. The van der Waals surface area contributed by atoms with E-state index in [0.717, 1.165) is 0 Å². The van der Waals surface area contributed by atoms with Gasteiger partial charge >= 0.3 is 0 Å². The van der Waals surface area contributed by atoms with Crippen LogP contribution in [0, 0.1) is 27.7 Å². The van der Waals surface area contributed by atoms with Gasteiger partial charge in [-0.1, -0.05) is 272 Å². The predicted octanol–water partition coefficient (Wildman–Crippen LogP) is 17.6. The van der Waals surface area contributed by atoms with Crippen molar-refractivity contribution in [3.8, 4) is 22.3 Å². The topological polar surface area (TPSA) is 0 Å². The van der Waals surface area contributed by atoms with Crippen molar-refractivity contribution in [3.63, 3.8) is 0 Å². The molecule has 9 rings (SSSR count). The highest BCUT2D eigenvalue weighted by molar-refractivity contribution is 5.86. The van der Waals surface area contributed by atoms with Gasteiger partial charge in [-0.2, -0.15) is 0 Å². The maximum absolute atomic E-state index is 2.29. The van der Waals surface area contributed by atoms with E-state index in [1.165, 1.54) is 77.5 Å². The zero-order valence-corrected chi connectivity index (χ0v) is 38.0. The quantitative estimate of drug-likeness (QED) is 0.168. The molecule has 0 fully saturated rings. The molecule has 1 aliphatic carbocycles. The predicted molar refractivity (Wildman–Crippen MR) is 264 cm³/mol. The summed E-state index contributed by atoms with van der Waals surface area (Å²) in [5.41, 5.74) is 15.6. The van der Waals surface area contributed by atoms with Gasteiger partial charge in [-0.3, -0.25) is 0 Å². The van der Waals surface area contributed by atoms with Crippen LogP contribution in [0.4, 0.5) is 0 Å². The lowest BCUT2D eigenvalue weighted by molar-refractivity contribution is 0.768. The molecule has 8 aromatic rings. The van der Waals surface area contributed by atoms with Crippen molar-refractivity contribution in [2.75, 3.05) is 0 Å². The molecule has 0 unspecified atom stereocenters. The molecule has 0 spiro atoms. The van der Waals surface area contributed by atoms with Crippen molar-refractivity contribution in [1.82, 2.24) is 0 Å². The van der Waals surface area contributed by atoms with Crippen LogP contribution in [0.2, 0.25) is 0 Å². The van der Waals surface area contributed by atoms with Gasteiger partial charge in [-0.05, 0) is 83.0 Å². The van der Waals surface area contributed by atoms with Crippen molar-refractivity contribution >= 4 is 10.8 Å². The largest absolute Gasteiger partial charge is 0.0713 e. The molecule has 0 radical (unpaired) electrons. The van der Waals surface area contributed by atoms with Crippen molar-refractivity contribution in [1.29, 1.82) is 0 Å². The van der Waals surface area contributed by atoms with E-state index in [9.17, 15) is 0 Å². The maximum atomic E-state index is 2.29. The van der Waals surface area contributed by atoms with Crippen molar-refractivity contribution in [2.45, 2.75) is 88.5 Å². The maximum Gasteiger partial charge on any atom is 0.0713 e. The number of benzene rings is 8. The van der Waals surface area contributed by atoms with Crippen LogP contribution in [-0.4, -0.2) is 0 Å². The Morgan fingerprint density at radius 1 is 0.271 bits per heavy atom. The minimum atomic E-state index is -0.254. The molecule has 0 amide bonds. The molecule has 8 aromatic carbocycles. The van der Waals surface area contributed by atoms with Gasteiger partial charge in [0.25, 0.3) is 0 Å². The van der Waals surface area contributed by atoms with E-state index in [4.69, 9.17) is 0 Å². The van der Waals surface area contributed by atoms with Gasteiger partial charge in [0, 0.05) is 0 Å². The fraction of sp³-hybridized carbons (Fsp3) is 0.220. The Morgan fingerprint density at radius 3 is 0.898 bits per heavy atom. The van der Waals surface area contributed by atoms with Crippen molar-refractivity contribution in [3.05, 3.63) is 239 Å². The molecular formula is C59H68. The van der Waals surface area contributed by atoms with Crippen molar-refractivity contribution < 1.29 is 0 Å². The third kappa shape index (κ3) is 11.6. The van der Waals surface area contributed by atoms with E-state index in [1.54, 1.807) is 0 Å². The van der Waals surface area contributed by atoms with E-state index in [2.05, 4.69) is 222 Å². The first-order chi connectivity index (χ1) is 28.9. The van der Waals surface area contributed by atoms with Gasteiger partial charge in [-0.15, -0.1) is 0 Å². The Labute approximate surface area is 358 Å². The third-order valence-electron chi connectivity index (χ3n) is 9.95. The lowest BCUT2D eigenvalue weighted by Gasteiger charge is -2.33. The summed E-state index contributed by atoms with van der Waals surface area (Å²) in [7, 11) is 0. The van der Waals surface area contributed by atoms with E-state index in [-0.39, 0.29) is 5.41 Å². The highest BCUT2D eigenvalue weighted by atomic mass is 14.5. The van der Waals surface area contributed by atoms with Crippen molar-refractivity contribution in [2.24, 2.45) is 0 Å². The van der Waals surface area contributed by atoms with Crippen LogP contribution in [0.3, 0.4) is 0 Å². The molecule has 0 nitrogen and oxygen atoms in total. The lowest BCUT2D eigenvalue weighted by atomic mass is 9.68. The van der Waals surface area contributed by atoms with Crippen LogP contribution in [0.25, 0.3) is 33.0 Å². The van der Waals surface area contributed by atoms with Gasteiger partial charge in [-0.25, -0.2) is 0 Å². The zero-order chi connectivity index (χ0) is 43.2. The Kier molecular flexibility index (Phi) is 19.9. The Morgan fingerprint density at radius 2 is 0.559 bits per heavy atom. The van der Waals surface area contributed by atoms with E-state index >= 15 is 0 Å². The summed E-state index contributed by atoms with van der Waals surface area (Å²) in [5, 5.41) is 2.67. The highest BCUT2D eigenvalue weighted by Gasteiger charge is 2.45. The molecule has 0 aromatic heterocycles. The molecule has 59 heavy (non-hydrogen) atoms. The first kappa shape index (κ1) is 47.4. The Bertz CT molecular complexity index is 2190. The van der Waals surface area contributed by atoms with Gasteiger partial charge in [0.1, 0.15) is 0 Å². The van der Waals surface area contributed by atoms with Gasteiger partial charge < -0.3 is 0 Å². The minimum absolute atomic E-state index is 0.254. The normalized spacial score (nSPS) is 10.8. The van der Waals surface area contributed by atoms with Crippen LogP contribution < -0.4 is 0 Å². The van der Waals surface area contributed by atoms with Crippen LogP contribution in [0.5, 0.6) is 0 Å². The molecule has 0 saturated carbocycles. The summed E-state index contributed by atoms with van der Waals surface area (Å²) < 4.78 is 0. The van der Waals surface area contributed by atoms with Gasteiger partial charge in [0.05, 0.1) is 5.41 Å². The highest BCUT2D eigenvalue weighted by Crippen LogP contribution is 2.55. The molecular weight excluding hydrogens is 709 g/mol. The van der Waals surface area contributed by atoms with Crippen LogP contribution in [0.15, 0.2) is 194 Å². The summed E-state index contributed by atoms with van der Waals surface area (Å²) in [6, 6.07) is 69.8. The molecule has 0 atom stereocenters. The van der Waals surface area contributed by atoms with E-state index < -0.39 is 0 Å². The molecule has 0 heterocycles. The van der Waals surface area contributed by atoms with E-state index in [1.807, 2.05) is 55.4 Å². The summed E-state index contributed by atoms with van der Waals surface area (Å²) in [4.78, 5) is 0. The molecule has 1 aliphatic rings. The number of hydrogen-bond acceptors (Lipinski definition) is 0. The number of aryl methyl sites for hydroxylation is 4. The average molecular weight is 777 g/mol. The second kappa shape index (κ2) is 24.7. The molecule has 0 N–H and O–H groups in total. The first-order valence-corrected chi connectivity index (χ1v) is 21.8. The SMILES string of the molecule is CC.CC.CC.CC.Cc1ccc(-c2ccc(C)cc2)cc1.Cc1ccc2cc(C)ccc2c1.c1ccc(C2(c3ccccc3)c3ccccc3-c3ccccc32)cc1. The lowest BCUT2D eigenvalue weighted by Crippen LogP contribution is -2.28. The fourth-order valence-corrected chi connectivity index (χ4v) is 7.38. The Hall–Kier alpha value is -5.98. The number of fused-ring (bicyclic) bond motifs is 4. The number of hydrogen-bond donors (Lipinski definition) is 0. The summed E-state index contributed by atoms with van der Waals surface area (Å²) in [6.07, 6.45) is 0. The van der Waals surface area contributed by atoms with E-state index in [0.29, 0.717) is 0 Å². The third-order valence-corrected chi connectivity index (χ3v) is 9.95. The van der Waals surface area contributed by atoms with Crippen LogP contribution in [-0.2, 0) is 5.41 Å². The standard InChI is InChI=1S/C25H18.C14H14.C12H12.4C2H6/c1-3-11-19(12-4-1)25(20-13-5-2-6-14-20)23-17-9-7-15-21(23)22-16-8-10-18-24(22)25;1-11-3-7-13(8-4-11)14-9-5-12(2)6-10-14;1-9-3-5-12-8-10(2)4-6-11(12)7-9;4*1-2/h1-18H;3-10H,1-2H3;3-8H,1-2H3;4*1-2H3. The first-order valence-electron chi connectivity index (χ1n) is 21.8. The molecule has 0 saturated heterocycles. The summed E-state index contributed by atoms with van der Waals surface area (Å²) in [5.74, 6) is 0. The smallest absolute Gasteiger partial charge is 0.0683 e. The number of rotatable bonds is 3. The summed E-state index contributed by atoms with van der Waals surface area (Å²) >= 11 is 0.